The van der Waals surface area contributed by atoms with E-state index < -0.39 is 14.4 Å². The summed E-state index contributed by atoms with van der Waals surface area (Å²) in [7, 11) is -2.63. The van der Waals surface area contributed by atoms with Gasteiger partial charge >= 0.3 is 0 Å². The number of rotatable bonds is 9. The average Bonchev–Trinajstić information content (AvgIpc) is 2.80. The van der Waals surface area contributed by atoms with Crippen molar-refractivity contribution in [1.29, 1.82) is 0 Å². The Morgan fingerprint density at radius 3 is 1.78 bits per heavy atom. The molecule has 0 aliphatic rings. The Balaban J connectivity index is 1.81. The summed E-state index contributed by atoms with van der Waals surface area (Å²) in [6.45, 7) is 9.11. The van der Waals surface area contributed by atoms with Gasteiger partial charge < -0.3 is 9.53 Å². The molecule has 3 rings (SSSR count). The standard InChI is InChI=1S/C28H34O2SSi/c1-23(20-21-31-24-14-8-5-9-15-24)27(29)22-30-32(28(2,3)4,25-16-10-6-11-17-25)26-18-12-7-13-19-26/h5-21,23,27,29H,22H2,1-4H3/b21-20+/t23-,27+/m1/s1. The van der Waals surface area contributed by atoms with Gasteiger partial charge in [0.05, 0.1) is 12.7 Å². The van der Waals surface area contributed by atoms with E-state index in [1.807, 2.05) is 37.3 Å². The fraction of sp³-hybridized carbons (Fsp3) is 0.286. The van der Waals surface area contributed by atoms with Crippen LogP contribution in [0.3, 0.4) is 0 Å². The van der Waals surface area contributed by atoms with Gasteiger partial charge in [0.2, 0.25) is 0 Å². The highest BCUT2D eigenvalue weighted by Crippen LogP contribution is 2.37. The lowest BCUT2D eigenvalue weighted by Gasteiger charge is -2.43. The van der Waals surface area contributed by atoms with E-state index in [0.717, 1.165) is 0 Å². The van der Waals surface area contributed by atoms with E-state index in [9.17, 15) is 5.11 Å². The van der Waals surface area contributed by atoms with Crippen molar-refractivity contribution in [1.82, 2.24) is 0 Å². The summed E-state index contributed by atoms with van der Waals surface area (Å²) in [5.41, 5.74) is 0. The fourth-order valence-corrected chi connectivity index (χ4v) is 9.37. The van der Waals surface area contributed by atoms with Crippen molar-refractivity contribution in [2.75, 3.05) is 6.61 Å². The zero-order chi connectivity index (χ0) is 23.0. The highest BCUT2D eigenvalue weighted by Gasteiger charge is 2.50. The molecule has 3 aromatic carbocycles. The third-order valence-corrected chi connectivity index (χ3v) is 11.7. The number of aliphatic hydroxyl groups is 1. The summed E-state index contributed by atoms with van der Waals surface area (Å²) in [4.78, 5) is 1.19. The predicted molar refractivity (Wildman–Crippen MR) is 140 cm³/mol. The maximum absolute atomic E-state index is 11.0. The Morgan fingerprint density at radius 1 is 0.844 bits per heavy atom. The molecule has 4 heteroatoms. The molecule has 32 heavy (non-hydrogen) atoms. The number of hydrogen-bond donors (Lipinski definition) is 1. The highest BCUT2D eigenvalue weighted by atomic mass is 32.2. The van der Waals surface area contributed by atoms with Crippen LogP contribution in [0.5, 0.6) is 0 Å². The van der Waals surface area contributed by atoms with Crippen LogP contribution in [0.2, 0.25) is 5.04 Å². The lowest BCUT2D eigenvalue weighted by atomic mass is 10.1. The summed E-state index contributed by atoms with van der Waals surface area (Å²) < 4.78 is 6.86. The molecule has 3 aromatic rings. The lowest BCUT2D eigenvalue weighted by molar-refractivity contribution is 0.0750. The Morgan fingerprint density at radius 2 is 1.31 bits per heavy atom. The monoisotopic (exact) mass is 462 g/mol. The van der Waals surface area contributed by atoms with E-state index >= 15 is 0 Å². The second-order valence-corrected chi connectivity index (χ2v) is 14.4. The van der Waals surface area contributed by atoms with Crippen LogP contribution in [0.25, 0.3) is 0 Å². The van der Waals surface area contributed by atoms with E-state index in [1.165, 1.54) is 15.3 Å². The van der Waals surface area contributed by atoms with Crippen LogP contribution < -0.4 is 10.4 Å². The molecule has 1 N–H and O–H groups in total. The molecule has 0 fully saturated rings. The number of aliphatic hydroxyl groups excluding tert-OH is 1. The van der Waals surface area contributed by atoms with Gasteiger partial charge in [0.1, 0.15) is 0 Å². The van der Waals surface area contributed by atoms with Gasteiger partial charge in [-0.05, 0) is 33.0 Å². The molecule has 0 saturated carbocycles. The normalized spacial score (nSPS) is 14.4. The van der Waals surface area contributed by atoms with Gasteiger partial charge in [0.25, 0.3) is 8.32 Å². The van der Waals surface area contributed by atoms with Gasteiger partial charge in [0.15, 0.2) is 0 Å². The molecule has 0 amide bonds. The molecular weight excluding hydrogens is 428 g/mol. The molecule has 2 nitrogen and oxygen atoms in total. The minimum Gasteiger partial charge on any atom is -0.405 e. The lowest BCUT2D eigenvalue weighted by Crippen LogP contribution is -2.67. The fourth-order valence-electron chi connectivity index (χ4n) is 3.99. The van der Waals surface area contributed by atoms with Gasteiger partial charge in [-0.2, -0.15) is 0 Å². The van der Waals surface area contributed by atoms with Crippen molar-refractivity contribution in [3.63, 3.8) is 0 Å². The van der Waals surface area contributed by atoms with E-state index in [2.05, 4.69) is 92.9 Å². The summed E-state index contributed by atoms with van der Waals surface area (Å²) in [5.74, 6) is -0.00979. The smallest absolute Gasteiger partial charge is 0.261 e. The van der Waals surface area contributed by atoms with Crippen molar-refractivity contribution < 1.29 is 9.53 Å². The first-order valence-corrected chi connectivity index (χ1v) is 13.9. The second kappa shape index (κ2) is 11.1. The quantitative estimate of drug-likeness (QED) is 0.319. The van der Waals surface area contributed by atoms with E-state index in [4.69, 9.17) is 4.43 Å². The topological polar surface area (TPSA) is 29.5 Å². The van der Waals surface area contributed by atoms with E-state index in [1.54, 1.807) is 11.8 Å². The van der Waals surface area contributed by atoms with Crippen LogP contribution in [0.4, 0.5) is 0 Å². The van der Waals surface area contributed by atoms with Crippen molar-refractivity contribution in [3.05, 3.63) is 102 Å². The van der Waals surface area contributed by atoms with E-state index in [-0.39, 0.29) is 11.0 Å². The van der Waals surface area contributed by atoms with Crippen molar-refractivity contribution in [2.45, 2.75) is 43.7 Å². The van der Waals surface area contributed by atoms with Gasteiger partial charge in [-0.3, -0.25) is 0 Å². The summed E-state index contributed by atoms with van der Waals surface area (Å²) in [5, 5.41) is 15.4. The molecule has 0 saturated heterocycles. The molecule has 0 bridgehead atoms. The molecule has 0 aliphatic heterocycles. The molecular formula is C28H34O2SSi. The first kappa shape index (κ1) is 24.5. The Labute approximate surface area is 198 Å². The van der Waals surface area contributed by atoms with Crippen molar-refractivity contribution in [2.24, 2.45) is 5.92 Å². The molecule has 168 valence electrons. The number of thioether (sulfide) groups is 1. The maximum atomic E-state index is 11.0. The van der Waals surface area contributed by atoms with Crippen LogP contribution >= 0.6 is 11.8 Å². The predicted octanol–water partition coefficient (Wildman–Crippen LogP) is 5.87. The van der Waals surface area contributed by atoms with Crippen LogP contribution in [-0.4, -0.2) is 26.1 Å². The summed E-state index contributed by atoms with van der Waals surface area (Å²) in [6, 6.07) is 31.4. The first-order chi connectivity index (χ1) is 15.3. The SMILES string of the molecule is C[C@H](/C=C/Sc1ccccc1)[C@@H](O)CO[Si](c1ccccc1)(c1ccccc1)C(C)(C)C. The third-order valence-electron chi connectivity index (χ3n) is 5.82. The maximum Gasteiger partial charge on any atom is 0.261 e. The van der Waals surface area contributed by atoms with Crippen molar-refractivity contribution >= 4 is 30.5 Å². The average molecular weight is 463 g/mol. The van der Waals surface area contributed by atoms with E-state index in [0.29, 0.717) is 6.61 Å². The van der Waals surface area contributed by atoms with Gasteiger partial charge in [0, 0.05) is 10.8 Å². The number of benzene rings is 3. The largest absolute Gasteiger partial charge is 0.405 e. The summed E-state index contributed by atoms with van der Waals surface area (Å²) in [6.07, 6.45) is 1.49. The zero-order valence-corrected chi connectivity index (χ0v) is 21.3. The Kier molecular flexibility index (Phi) is 8.55. The molecule has 2 atom stereocenters. The van der Waals surface area contributed by atoms with Gasteiger partial charge in [-0.25, -0.2) is 0 Å². The Hall–Kier alpha value is -2.11. The molecule has 0 spiro atoms. The van der Waals surface area contributed by atoms with Crippen LogP contribution in [0, 0.1) is 5.92 Å². The minimum absolute atomic E-state index is 0.00979. The number of hydrogen-bond acceptors (Lipinski definition) is 3. The zero-order valence-electron chi connectivity index (χ0n) is 19.4. The van der Waals surface area contributed by atoms with Crippen LogP contribution in [-0.2, 0) is 4.43 Å². The second-order valence-electron chi connectivity index (χ2n) is 9.16. The molecule has 0 aromatic heterocycles. The first-order valence-electron chi connectivity index (χ1n) is 11.2. The van der Waals surface area contributed by atoms with Crippen LogP contribution in [0.15, 0.2) is 107 Å². The minimum atomic E-state index is -2.63. The molecule has 0 radical (unpaired) electrons. The van der Waals surface area contributed by atoms with Crippen LogP contribution in [0.1, 0.15) is 27.7 Å². The van der Waals surface area contributed by atoms with Crippen molar-refractivity contribution in [3.8, 4) is 0 Å². The Bertz CT molecular complexity index is 929. The van der Waals surface area contributed by atoms with Gasteiger partial charge in [-0.1, -0.05) is 124 Å². The molecule has 0 aliphatic carbocycles. The summed E-state index contributed by atoms with van der Waals surface area (Å²) >= 11 is 1.66. The molecule has 0 unspecified atom stereocenters. The third kappa shape index (κ3) is 5.81. The highest BCUT2D eigenvalue weighted by molar-refractivity contribution is 8.02. The molecule has 0 heterocycles. The van der Waals surface area contributed by atoms with Gasteiger partial charge in [-0.15, -0.1) is 0 Å².